The molecular weight excluding hydrogens is 220 g/mol. The molecule has 0 aromatic rings. The Kier molecular flexibility index (Phi) is 4.79. The first-order valence-electron chi connectivity index (χ1n) is 6.71. The van der Waals surface area contributed by atoms with Crippen molar-refractivity contribution in [1.82, 2.24) is 0 Å². The summed E-state index contributed by atoms with van der Waals surface area (Å²) in [5.74, 6) is 0. The van der Waals surface area contributed by atoms with E-state index in [9.17, 15) is 5.11 Å². The molecule has 0 radical (unpaired) electrons. The molecule has 5 atom stereocenters. The van der Waals surface area contributed by atoms with E-state index in [0.29, 0.717) is 0 Å². The van der Waals surface area contributed by atoms with Crippen LogP contribution in [0, 0.1) is 0 Å². The van der Waals surface area contributed by atoms with Crippen LogP contribution >= 0.6 is 0 Å². The second kappa shape index (κ2) is 6.14. The van der Waals surface area contributed by atoms with Gasteiger partial charge in [-0.15, -0.1) is 0 Å². The number of aliphatic hydroxyl groups excluding tert-OH is 1. The highest BCUT2D eigenvalue weighted by atomic mass is 16.7. The molecule has 0 bridgehead atoms. The Labute approximate surface area is 103 Å². The van der Waals surface area contributed by atoms with Crippen molar-refractivity contribution in [2.45, 2.75) is 76.2 Å². The zero-order valence-electron chi connectivity index (χ0n) is 10.8. The molecule has 100 valence electrons. The van der Waals surface area contributed by atoms with Gasteiger partial charge >= 0.3 is 0 Å². The molecule has 4 heteroatoms. The minimum atomic E-state index is -0.289. The van der Waals surface area contributed by atoms with Gasteiger partial charge in [-0.3, -0.25) is 0 Å². The van der Waals surface area contributed by atoms with Crippen LogP contribution in [-0.4, -0.2) is 42.9 Å². The van der Waals surface area contributed by atoms with Gasteiger partial charge in [-0.05, 0) is 26.2 Å². The van der Waals surface area contributed by atoms with Crippen LogP contribution in [0.15, 0.2) is 0 Å². The highest BCUT2D eigenvalue weighted by Crippen LogP contribution is 2.28. The normalized spacial score (nSPS) is 43.6. The van der Waals surface area contributed by atoms with Crippen LogP contribution in [0.2, 0.25) is 0 Å². The Morgan fingerprint density at radius 2 is 1.94 bits per heavy atom. The SMILES string of the molecule is COC1CC(OC2CCCCC2O)CC(C)O1. The maximum Gasteiger partial charge on any atom is 0.160 e. The van der Waals surface area contributed by atoms with E-state index < -0.39 is 0 Å². The third kappa shape index (κ3) is 3.65. The summed E-state index contributed by atoms with van der Waals surface area (Å²) < 4.78 is 16.9. The topological polar surface area (TPSA) is 47.9 Å². The molecule has 1 N–H and O–H groups in total. The van der Waals surface area contributed by atoms with E-state index in [1.54, 1.807) is 7.11 Å². The number of rotatable bonds is 3. The van der Waals surface area contributed by atoms with Crippen molar-refractivity contribution in [1.29, 1.82) is 0 Å². The van der Waals surface area contributed by atoms with Crippen molar-refractivity contribution < 1.29 is 19.3 Å². The Bertz CT molecular complexity index is 233. The molecule has 1 aliphatic carbocycles. The minimum absolute atomic E-state index is 0.0107. The van der Waals surface area contributed by atoms with Crippen LogP contribution in [0.1, 0.15) is 45.4 Å². The number of ether oxygens (including phenoxy) is 3. The summed E-state index contributed by atoms with van der Waals surface area (Å²) in [6, 6.07) is 0. The highest BCUT2D eigenvalue weighted by molar-refractivity contribution is 4.79. The molecule has 5 unspecified atom stereocenters. The fourth-order valence-corrected chi connectivity index (χ4v) is 2.80. The smallest absolute Gasteiger partial charge is 0.160 e. The van der Waals surface area contributed by atoms with Gasteiger partial charge in [-0.1, -0.05) is 12.8 Å². The maximum atomic E-state index is 9.90. The summed E-state index contributed by atoms with van der Waals surface area (Å²) in [4.78, 5) is 0. The molecule has 2 fully saturated rings. The van der Waals surface area contributed by atoms with E-state index >= 15 is 0 Å². The Hall–Kier alpha value is -0.160. The van der Waals surface area contributed by atoms with Gasteiger partial charge < -0.3 is 19.3 Å². The van der Waals surface area contributed by atoms with Crippen LogP contribution < -0.4 is 0 Å². The van der Waals surface area contributed by atoms with Gasteiger partial charge in [0.15, 0.2) is 6.29 Å². The van der Waals surface area contributed by atoms with E-state index in [1.165, 1.54) is 0 Å². The molecule has 1 heterocycles. The average Bonchev–Trinajstić information content (AvgIpc) is 2.31. The van der Waals surface area contributed by atoms with E-state index in [1.807, 2.05) is 6.92 Å². The molecule has 0 spiro atoms. The van der Waals surface area contributed by atoms with E-state index in [-0.39, 0.29) is 30.7 Å². The second-order valence-corrected chi connectivity index (χ2v) is 5.23. The van der Waals surface area contributed by atoms with Crippen molar-refractivity contribution in [3.63, 3.8) is 0 Å². The van der Waals surface area contributed by atoms with Gasteiger partial charge in [-0.2, -0.15) is 0 Å². The molecule has 2 rings (SSSR count). The average molecular weight is 244 g/mol. The monoisotopic (exact) mass is 244 g/mol. The second-order valence-electron chi connectivity index (χ2n) is 5.23. The quantitative estimate of drug-likeness (QED) is 0.823. The lowest BCUT2D eigenvalue weighted by Crippen LogP contribution is -2.42. The predicted molar refractivity (Wildman–Crippen MR) is 63.7 cm³/mol. The molecule has 1 saturated carbocycles. The van der Waals surface area contributed by atoms with Crippen LogP contribution in [-0.2, 0) is 14.2 Å². The van der Waals surface area contributed by atoms with Crippen molar-refractivity contribution in [3.05, 3.63) is 0 Å². The summed E-state index contributed by atoms with van der Waals surface area (Å²) in [5.41, 5.74) is 0. The molecular formula is C13H24O4. The van der Waals surface area contributed by atoms with E-state index in [4.69, 9.17) is 14.2 Å². The molecule has 0 aromatic carbocycles. The number of hydrogen-bond acceptors (Lipinski definition) is 4. The maximum absolute atomic E-state index is 9.90. The van der Waals surface area contributed by atoms with Gasteiger partial charge in [0.05, 0.1) is 24.4 Å². The Balaban J connectivity index is 1.84. The summed E-state index contributed by atoms with van der Waals surface area (Å²) in [5, 5.41) is 9.90. The van der Waals surface area contributed by atoms with Crippen LogP contribution in [0.25, 0.3) is 0 Å². The first-order chi connectivity index (χ1) is 8.19. The van der Waals surface area contributed by atoms with Crippen molar-refractivity contribution >= 4 is 0 Å². The van der Waals surface area contributed by atoms with Crippen molar-refractivity contribution in [2.75, 3.05) is 7.11 Å². The summed E-state index contributed by atoms with van der Waals surface area (Å²) in [7, 11) is 1.66. The zero-order valence-corrected chi connectivity index (χ0v) is 10.8. The number of aliphatic hydroxyl groups is 1. The van der Waals surface area contributed by atoms with Gasteiger partial charge in [0.1, 0.15) is 0 Å². The Morgan fingerprint density at radius 3 is 2.65 bits per heavy atom. The standard InChI is InChI=1S/C13H24O4/c1-9-7-10(8-13(15-2)16-9)17-12-6-4-3-5-11(12)14/h9-14H,3-8H2,1-2H3. The Morgan fingerprint density at radius 1 is 1.18 bits per heavy atom. The molecule has 1 saturated heterocycles. The third-order valence-electron chi connectivity index (χ3n) is 3.73. The third-order valence-corrected chi connectivity index (χ3v) is 3.73. The van der Waals surface area contributed by atoms with Gasteiger partial charge in [0.25, 0.3) is 0 Å². The summed E-state index contributed by atoms with van der Waals surface area (Å²) in [6.07, 6.45) is 5.67. The fraction of sp³-hybridized carbons (Fsp3) is 1.00. The van der Waals surface area contributed by atoms with E-state index in [2.05, 4.69) is 0 Å². The van der Waals surface area contributed by atoms with Crippen LogP contribution in [0.5, 0.6) is 0 Å². The summed E-state index contributed by atoms with van der Waals surface area (Å²) in [6.45, 7) is 2.04. The summed E-state index contributed by atoms with van der Waals surface area (Å²) >= 11 is 0. The van der Waals surface area contributed by atoms with Gasteiger partial charge in [0, 0.05) is 13.5 Å². The highest BCUT2D eigenvalue weighted by Gasteiger charge is 2.32. The number of methoxy groups -OCH3 is 1. The fourth-order valence-electron chi connectivity index (χ4n) is 2.80. The lowest BCUT2D eigenvalue weighted by Gasteiger charge is -2.37. The molecule has 0 aromatic heterocycles. The predicted octanol–water partition coefficient (Wildman–Crippen LogP) is 1.85. The number of hydrogen-bond donors (Lipinski definition) is 1. The first kappa shape index (κ1) is 13.3. The molecule has 17 heavy (non-hydrogen) atoms. The zero-order chi connectivity index (χ0) is 12.3. The largest absolute Gasteiger partial charge is 0.390 e. The molecule has 4 nitrogen and oxygen atoms in total. The minimum Gasteiger partial charge on any atom is -0.390 e. The molecule has 0 amide bonds. The van der Waals surface area contributed by atoms with Crippen LogP contribution in [0.4, 0.5) is 0 Å². The van der Waals surface area contributed by atoms with Crippen molar-refractivity contribution in [3.8, 4) is 0 Å². The van der Waals surface area contributed by atoms with E-state index in [0.717, 1.165) is 38.5 Å². The van der Waals surface area contributed by atoms with Crippen LogP contribution in [0.3, 0.4) is 0 Å². The van der Waals surface area contributed by atoms with Crippen molar-refractivity contribution in [2.24, 2.45) is 0 Å². The van der Waals surface area contributed by atoms with Gasteiger partial charge in [-0.25, -0.2) is 0 Å². The first-order valence-corrected chi connectivity index (χ1v) is 6.71. The lowest BCUT2D eigenvalue weighted by molar-refractivity contribution is -0.220. The molecule has 1 aliphatic heterocycles. The lowest BCUT2D eigenvalue weighted by atomic mass is 9.94. The molecule has 2 aliphatic rings. The van der Waals surface area contributed by atoms with Gasteiger partial charge in [0.2, 0.25) is 0 Å².